The van der Waals surface area contributed by atoms with Crippen molar-refractivity contribution in [1.82, 2.24) is 10.2 Å². The molecule has 0 radical (unpaired) electrons. The molecule has 2 N–H and O–H groups in total. The summed E-state index contributed by atoms with van der Waals surface area (Å²) < 4.78 is 0. The van der Waals surface area contributed by atoms with Gasteiger partial charge in [-0.15, -0.1) is 0 Å². The Hall–Kier alpha value is -1.68. The predicted octanol–water partition coefficient (Wildman–Crippen LogP) is 4.23. The number of aromatic amines is 1. The van der Waals surface area contributed by atoms with Gasteiger partial charge in [0.1, 0.15) is 0 Å². The molecule has 0 aliphatic carbocycles. The summed E-state index contributed by atoms with van der Waals surface area (Å²) in [6.45, 7) is 4.38. The Morgan fingerprint density at radius 3 is 2.81 bits per heavy atom. The van der Waals surface area contributed by atoms with Crippen molar-refractivity contribution < 1.29 is 0 Å². The van der Waals surface area contributed by atoms with Gasteiger partial charge >= 0.3 is 0 Å². The number of H-pyrrole nitrogens is 1. The Balaban J connectivity index is 1.75. The molecule has 1 aromatic heterocycles. The SMILES string of the molecule is CC[C@H](Nc1ccc(N2CCCC2)c(Cl)c1)c1cn[nH]c1. The molecule has 0 unspecified atom stereocenters. The van der Waals surface area contributed by atoms with E-state index in [0.29, 0.717) is 0 Å². The number of nitrogens with one attached hydrogen (secondary N) is 2. The molecule has 5 heteroatoms. The predicted molar refractivity (Wildman–Crippen MR) is 88.1 cm³/mol. The number of hydrogen-bond donors (Lipinski definition) is 2. The number of halogens is 1. The van der Waals surface area contributed by atoms with E-state index in [-0.39, 0.29) is 6.04 Å². The molecule has 0 bridgehead atoms. The lowest BCUT2D eigenvalue weighted by Crippen LogP contribution is -2.18. The van der Waals surface area contributed by atoms with E-state index in [1.54, 1.807) is 0 Å². The average molecular weight is 305 g/mol. The summed E-state index contributed by atoms with van der Waals surface area (Å²) in [6, 6.07) is 6.51. The number of anilines is 2. The van der Waals surface area contributed by atoms with Crippen LogP contribution in [0, 0.1) is 0 Å². The topological polar surface area (TPSA) is 44.0 Å². The molecule has 112 valence electrons. The summed E-state index contributed by atoms with van der Waals surface area (Å²) in [5.74, 6) is 0. The maximum atomic E-state index is 6.46. The average Bonchev–Trinajstić information content (AvgIpc) is 3.18. The van der Waals surface area contributed by atoms with Gasteiger partial charge in [0.05, 0.1) is 22.9 Å². The largest absolute Gasteiger partial charge is 0.378 e. The first-order valence-corrected chi connectivity index (χ1v) is 7.95. The van der Waals surface area contributed by atoms with Crippen LogP contribution in [-0.2, 0) is 0 Å². The maximum Gasteiger partial charge on any atom is 0.0660 e. The normalized spacial score (nSPS) is 16.2. The third kappa shape index (κ3) is 3.16. The molecule has 0 spiro atoms. The van der Waals surface area contributed by atoms with Gasteiger partial charge in [-0.05, 0) is 37.5 Å². The van der Waals surface area contributed by atoms with E-state index in [2.05, 4.69) is 39.5 Å². The molecule has 0 saturated carbocycles. The quantitative estimate of drug-likeness (QED) is 0.869. The van der Waals surface area contributed by atoms with E-state index in [1.807, 2.05) is 18.5 Å². The third-order valence-corrected chi connectivity index (χ3v) is 4.37. The highest BCUT2D eigenvalue weighted by atomic mass is 35.5. The lowest BCUT2D eigenvalue weighted by atomic mass is 10.1. The van der Waals surface area contributed by atoms with Gasteiger partial charge in [0.15, 0.2) is 0 Å². The van der Waals surface area contributed by atoms with Crippen LogP contribution in [0.15, 0.2) is 30.6 Å². The fraction of sp³-hybridized carbons (Fsp3) is 0.438. The van der Waals surface area contributed by atoms with Crippen LogP contribution >= 0.6 is 11.6 Å². The van der Waals surface area contributed by atoms with Crippen LogP contribution in [-0.4, -0.2) is 23.3 Å². The molecule has 1 aromatic carbocycles. The summed E-state index contributed by atoms with van der Waals surface area (Å²) in [5, 5.41) is 11.2. The highest BCUT2D eigenvalue weighted by molar-refractivity contribution is 6.33. The molecular weight excluding hydrogens is 284 g/mol. The van der Waals surface area contributed by atoms with Crippen molar-refractivity contribution in [3.8, 4) is 0 Å². The van der Waals surface area contributed by atoms with E-state index >= 15 is 0 Å². The van der Waals surface area contributed by atoms with Gasteiger partial charge in [-0.2, -0.15) is 5.10 Å². The van der Waals surface area contributed by atoms with Crippen molar-refractivity contribution in [2.45, 2.75) is 32.2 Å². The van der Waals surface area contributed by atoms with Crippen molar-refractivity contribution in [3.05, 3.63) is 41.2 Å². The van der Waals surface area contributed by atoms with Crippen LogP contribution in [0.5, 0.6) is 0 Å². The van der Waals surface area contributed by atoms with E-state index in [4.69, 9.17) is 11.6 Å². The van der Waals surface area contributed by atoms with Gasteiger partial charge in [0.2, 0.25) is 0 Å². The zero-order valence-corrected chi connectivity index (χ0v) is 13.0. The van der Waals surface area contributed by atoms with Crippen molar-refractivity contribution in [3.63, 3.8) is 0 Å². The van der Waals surface area contributed by atoms with Crippen LogP contribution in [0.3, 0.4) is 0 Å². The highest BCUT2D eigenvalue weighted by Crippen LogP contribution is 2.32. The first-order valence-electron chi connectivity index (χ1n) is 7.57. The fourth-order valence-electron chi connectivity index (χ4n) is 2.88. The van der Waals surface area contributed by atoms with E-state index < -0.39 is 0 Å². The van der Waals surface area contributed by atoms with E-state index in [1.165, 1.54) is 12.8 Å². The van der Waals surface area contributed by atoms with Crippen LogP contribution in [0.1, 0.15) is 37.8 Å². The minimum atomic E-state index is 0.248. The summed E-state index contributed by atoms with van der Waals surface area (Å²) in [4.78, 5) is 2.36. The second-order valence-corrected chi connectivity index (χ2v) is 5.90. The fourth-order valence-corrected chi connectivity index (χ4v) is 3.18. The molecule has 1 aliphatic rings. The van der Waals surface area contributed by atoms with E-state index in [9.17, 15) is 0 Å². The zero-order chi connectivity index (χ0) is 14.7. The second-order valence-electron chi connectivity index (χ2n) is 5.50. The number of aromatic nitrogens is 2. The molecule has 2 aromatic rings. The van der Waals surface area contributed by atoms with Gasteiger partial charge in [-0.25, -0.2) is 0 Å². The molecule has 2 heterocycles. The van der Waals surface area contributed by atoms with Crippen molar-refractivity contribution in [2.75, 3.05) is 23.3 Å². The molecule has 0 amide bonds. The van der Waals surface area contributed by atoms with Gasteiger partial charge in [-0.1, -0.05) is 18.5 Å². The molecule has 3 rings (SSSR count). The Morgan fingerprint density at radius 2 is 2.19 bits per heavy atom. The van der Waals surface area contributed by atoms with Gasteiger partial charge in [0.25, 0.3) is 0 Å². The molecule has 1 atom stereocenters. The van der Waals surface area contributed by atoms with Gasteiger partial charge < -0.3 is 10.2 Å². The lowest BCUT2D eigenvalue weighted by Gasteiger charge is -2.21. The molecular formula is C16H21ClN4. The van der Waals surface area contributed by atoms with Gasteiger partial charge in [0, 0.05) is 30.5 Å². The molecule has 1 fully saturated rings. The summed E-state index contributed by atoms with van der Waals surface area (Å²) in [6.07, 6.45) is 7.30. The van der Waals surface area contributed by atoms with Crippen LogP contribution in [0.4, 0.5) is 11.4 Å². The molecule has 4 nitrogen and oxygen atoms in total. The Labute approximate surface area is 130 Å². The molecule has 21 heavy (non-hydrogen) atoms. The molecule has 1 aliphatic heterocycles. The smallest absolute Gasteiger partial charge is 0.0660 e. The minimum absolute atomic E-state index is 0.248. The first kappa shape index (κ1) is 14.3. The van der Waals surface area contributed by atoms with E-state index in [0.717, 1.165) is 41.5 Å². The van der Waals surface area contributed by atoms with Crippen molar-refractivity contribution in [1.29, 1.82) is 0 Å². The number of benzene rings is 1. The lowest BCUT2D eigenvalue weighted by molar-refractivity contribution is 0.750. The Morgan fingerprint density at radius 1 is 1.38 bits per heavy atom. The van der Waals surface area contributed by atoms with Crippen molar-refractivity contribution >= 4 is 23.0 Å². The monoisotopic (exact) mass is 304 g/mol. The van der Waals surface area contributed by atoms with Crippen molar-refractivity contribution in [2.24, 2.45) is 0 Å². The standard InChI is InChI=1S/C16H21ClN4/c1-2-15(12-10-18-19-11-12)20-13-5-6-16(14(17)9-13)21-7-3-4-8-21/h5-6,9-11,15,20H,2-4,7-8H2,1H3,(H,18,19)/t15-/m0/s1. The third-order valence-electron chi connectivity index (χ3n) is 4.07. The summed E-state index contributed by atoms with van der Waals surface area (Å²) in [7, 11) is 0. The first-order chi connectivity index (χ1) is 10.3. The van der Waals surface area contributed by atoms with Crippen LogP contribution in [0.25, 0.3) is 0 Å². The van der Waals surface area contributed by atoms with Crippen LogP contribution < -0.4 is 10.2 Å². The summed E-state index contributed by atoms with van der Waals surface area (Å²) in [5.41, 5.74) is 3.37. The number of nitrogens with zero attached hydrogens (tertiary/aromatic N) is 2. The Kier molecular flexibility index (Phi) is 4.34. The second kappa shape index (κ2) is 6.39. The van der Waals surface area contributed by atoms with Crippen LogP contribution in [0.2, 0.25) is 5.02 Å². The zero-order valence-electron chi connectivity index (χ0n) is 12.3. The number of hydrogen-bond acceptors (Lipinski definition) is 3. The summed E-state index contributed by atoms with van der Waals surface area (Å²) >= 11 is 6.46. The Bertz CT molecular complexity index is 576. The van der Waals surface area contributed by atoms with Gasteiger partial charge in [-0.3, -0.25) is 5.10 Å². The molecule has 1 saturated heterocycles. The maximum absolute atomic E-state index is 6.46. The minimum Gasteiger partial charge on any atom is -0.378 e. The number of rotatable bonds is 5. The highest BCUT2D eigenvalue weighted by Gasteiger charge is 2.16.